The predicted molar refractivity (Wildman–Crippen MR) is 41.1 cm³/mol. The fraction of sp³-hybridized carbons (Fsp3) is 1.00. The molecule has 0 aromatic rings. The largest absolute Gasteiger partial charge is 0.385 e. The molecule has 1 heterocycles. The summed E-state index contributed by atoms with van der Waals surface area (Å²) < 4.78 is 5.14. The summed E-state index contributed by atoms with van der Waals surface area (Å²) in [6.45, 7) is 3.16. The van der Waals surface area contributed by atoms with Gasteiger partial charge in [-0.05, 0) is 12.3 Å². The third-order valence-corrected chi connectivity index (χ3v) is 3.23. The van der Waals surface area contributed by atoms with Crippen molar-refractivity contribution < 1.29 is 9.84 Å². The first-order valence-electron chi connectivity index (χ1n) is 4.17. The van der Waals surface area contributed by atoms with Crippen molar-refractivity contribution in [3.63, 3.8) is 0 Å². The summed E-state index contributed by atoms with van der Waals surface area (Å²) in [6.07, 6.45) is 1.64. The lowest BCUT2D eigenvalue weighted by molar-refractivity contribution is -0.00912. The minimum absolute atomic E-state index is 0.344. The van der Waals surface area contributed by atoms with E-state index in [1.807, 2.05) is 0 Å². The summed E-state index contributed by atoms with van der Waals surface area (Å²) >= 11 is 0. The maximum absolute atomic E-state index is 10.0. The molecule has 2 rings (SSSR count). The third-order valence-electron chi connectivity index (χ3n) is 3.23. The summed E-state index contributed by atoms with van der Waals surface area (Å²) in [5.74, 6) is 0.453. The Morgan fingerprint density at radius 1 is 1.64 bits per heavy atom. The van der Waals surface area contributed by atoms with E-state index in [0.29, 0.717) is 25.6 Å². The number of ether oxygens (including phenoxy) is 1. The zero-order chi connectivity index (χ0) is 8.11. The minimum atomic E-state index is -0.730. The molecule has 2 fully saturated rings. The zero-order valence-corrected chi connectivity index (χ0v) is 6.84. The lowest BCUT2D eigenvalue weighted by Gasteiger charge is -2.28. The van der Waals surface area contributed by atoms with Crippen LogP contribution in [0.15, 0.2) is 0 Å². The number of hydrogen-bond acceptors (Lipinski definition) is 3. The first-order chi connectivity index (χ1) is 5.08. The summed E-state index contributed by atoms with van der Waals surface area (Å²) in [5, 5.41) is 10.0. The first kappa shape index (κ1) is 7.53. The Kier molecular flexibility index (Phi) is 1.35. The second-order valence-electron chi connectivity index (χ2n) is 3.98. The summed E-state index contributed by atoms with van der Waals surface area (Å²) in [7, 11) is 0. The first-order valence-corrected chi connectivity index (χ1v) is 4.17. The van der Waals surface area contributed by atoms with Crippen molar-refractivity contribution in [2.45, 2.75) is 30.9 Å². The van der Waals surface area contributed by atoms with Gasteiger partial charge in [-0.1, -0.05) is 6.92 Å². The van der Waals surface area contributed by atoms with E-state index in [-0.39, 0.29) is 5.54 Å². The lowest BCUT2D eigenvalue weighted by atomic mass is 9.90. The second kappa shape index (κ2) is 1.97. The Bertz CT molecular complexity index is 177. The van der Waals surface area contributed by atoms with Gasteiger partial charge in [0.2, 0.25) is 0 Å². The van der Waals surface area contributed by atoms with Gasteiger partial charge < -0.3 is 15.6 Å². The van der Waals surface area contributed by atoms with Gasteiger partial charge in [-0.2, -0.15) is 0 Å². The van der Waals surface area contributed by atoms with Gasteiger partial charge in [-0.3, -0.25) is 0 Å². The molecule has 0 aromatic heterocycles. The molecule has 3 atom stereocenters. The minimum Gasteiger partial charge on any atom is -0.385 e. The van der Waals surface area contributed by atoms with Gasteiger partial charge in [0.1, 0.15) is 5.60 Å². The molecule has 0 aromatic carbocycles. The van der Waals surface area contributed by atoms with Crippen molar-refractivity contribution in [3.8, 4) is 0 Å². The maximum atomic E-state index is 10.0. The lowest BCUT2D eigenvalue weighted by Crippen LogP contribution is -2.52. The molecule has 3 N–H and O–H groups in total. The van der Waals surface area contributed by atoms with E-state index in [9.17, 15) is 5.11 Å². The maximum Gasteiger partial charge on any atom is 0.108 e. The van der Waals surface area contributed by atoms with Crippen LogP contribution in [0.3, 0.4) is 0 Å². The zero-order valence-electron chi connectivity index (χ0n) is 6.84. The molecule has 0 amide bonds. The van der Waals surface area contributed by atoms with E-state index in [1.54, 1.807) is 0 Å². The van der Waals surface area contributed by atoms with Crippen LogP contribution in [0, 0.1) is 5.92 Å². The van der Waals surface area contributed by atoms with Crippen molar-refractivity contribution in [3.05, 3.63) is 0 Å². The molecule has 3 heteroatoms. The average molecular weight is 157 g/mol. The molecule has 2 aliphatic rings. The Labute approximate surface area is 66.5 Å². The molecule has 1 aliphatic heterocycles. The number of aliphatic hydroxyl groups is 1. The van der Waals surface area contributed by atoms with Gasteiger partial charge in [-0.15, -0.1) is 0 Å². The molecule has 1 aliphatic carbocycles. The molecule has 11 heavy (non-hydrogen) atoms. The van der Waals surface area contributed by atoms with Gasteiger partial charge in [0.05, 0.1) is 6.61 Å². The van der Waals surface area contributed by atoms with Gasteiger partial charge in [0.25, 0.3) is 0 Å². The molecule has 0 radical (unpaired) electrons. The van der Waals surface area contributed by atoms with Crippen LogP contribution in [-0.2, 0) is 4.74 Å². The van der Waals surface area contributed by atoms with E-state index in [1.165, 1.54) is 0 Å². The van der Waals surface area contributed by atoms with Crippen molar-refractivity contribution in [1.29, 1.82) is 0 Å². The Morgan fingerprint density at radius 2 is 2.27 bits per heavy atom. The molecule has 3 nitrogen and oxygen atoms in total. The van der Waals surface area contributed by atoms with E-state index in [0.717, 1.165) is 6.42 Å². The SMILES string of the molecule is CC1CC1(N)C1(O)CCOC1. The van der Waals surface area contributed by atoms with Crippen LogP contribution in [0.4, 0.5) is 0 Å². The highest BCUT2D eigenvalue weighted by Gasteiger charge is 2.62. The molecule has 1 saturated heterocycles. The smallest absolute Gasteiger partial charge is 0.108 e. The molecule has 1 saturated carbocycles. The molecule has 0 spiro atoms. The van der Waals surface area contributed by atoms with Crippen LogP contribution in [0.25, 0.3) is 0 Å². The predicted octanol–water partition coefficient (Wildman–Crippen LogP) is -0.125. The van der Waals surface area contributed by atoms with Gasteiger partial charge >= 0.3 is 0 Å². The quantitative estimate of drug-likeness (QED) is 0.557. The van der Waals surface area contributed by atoms with Crippen LogP contribution < -0.4 is 5.73 Å². The van der Waals surface area contributed by atoms with Gasteiger partial charge in [-0.25, -0.2) is 0 Å². The van der Waals surface area contributed by atoms with Crippen LogP contribution in [0.2, 0.25) is 0 Å². The normalized spacial score (nSPS) is 56.5. The standard InChI is InChI=1S/C8H15NO2/c1-6-4-8(6,9)7(10)2-3-11-5-7/h6,10H,2-5,9H2,1H3. The molecule has 64 valence electrons. The van der Waals surface area contributed by atoms with Gasteiger partial charge in [0, 0.05) is 18.6 Å². The van der Waals surface area contributed by atoms with E-state index in [2.05, 4.69) is 6.92 Å². The molecule has 0 bridgehead atoms. The topological polar surface area (TPSA) is 55.5 Å². The van der Waals surface area contributed by atoms with E-state index in [4.69, 9.17) is 10.5 Å². The highest BCUT2D eigenvalue weighted by Crippen LogP contribution is 2.51. The van der Waals surface area contributed by atoms with Crippen molar-refractivity contribution in [2.75, 3.05) is 13.2 Å². The highest BCUT2D eigenvalue weighted by molar-refractivity contribution is 5.19. The fourth-order valence-corrected chi connectivity index (χ4v) is 2.02. The highest BCUT2D eigenvalue weighted by atomic mass is 16.5. The van der Waals surface area contributed by atoms with Crippen LogP contribution in [0.1, 0.15) is 19.8 Å². The average Bonchev–Trinajstić information content (AvgIpc) is 2.46. The molecule has 3 unspecified atom stereocenters. The molecular weight excluding hydrogens is 142 g/mol. The number of rotatable bonds is 1. The van der Waals surface area contributed by atoms with E-state index >= 15 is 0 Å². The van der Waals surface area contributed by atoms with Crippen molar-refractivity contribution >= 4 is 0 Å². The summed E-state index contributed by atoms with van der Waals surface area (Å²) in [4.78, 5) is 0. The summed E-state index contributed by atoms with van der Waals surface area (Å²) in [5.41, 5.74) is 4.93. The van der Waals surface area contributed by atoms with Crippen molar-refractivity contribution in [2.24, 2.45) is 11.7 Å². The Hall–Kier alpha value is -0.120. The van der Waals surface area contributed by atoms with Crippen LogP contribution in [0.5, 0.6) is 0 Å². The van der Waals surface area contributed by atoms with E-state index < -0.39 is 5.60 Å². The van der Waals surface area contributed by atoms with Crippen LogP contribution in [-0.4, -0.2) is 29.5 Å². The van der Waals surface area contributed by atoms with Gasteiger partial charge in [0.15, 0.2) is 0 Å². The fourth-order valence-electron chi connectivity index (χ4n) is 2.02. The Balaban J connectivity index is 2.14. The summed E-state index contributed by atoms with van der Waals surface area (Å²) in [6, 6.07) is 0. The Morgan fingerprint density at radius 3 is 2.64 bits per heavy atom. The second-order valence-corrected chi connectivity index (χ2v) is 3.98. The van der Waals surface area contributed by atoms with Crippen molar-refractivity contribution in [1.82, 2.24) is 0 Å². The molecular formula is C8H15NO2. The number of hydrogen-bond donors (Lipinski definition) is 2. The third kappa shape index (κ3) is 0.849. The monoisotopic (exact) mass is 157 g/mol. The number of nitrogens with two attached hydrogens (primary N) is 1. The van der Waals surface area contributed by atoms with Crippen LogP contribution >= 0.6 is 0 Å².